The smallest absolute Gasteiger partial charge is 0.341 e. The minimum atomic E-state index is -0.341. The molecule has 0 N–H and O–H groups in total. The third-order valence-corrected chi connectivity index (χ3v) is 3.10. The molecule has 0 bridgehead atoms. The molecule has 0 atom stereocenters. The monoisotopic (exact) mass is 276 g/mol. The van der Waals surface area contributed by atoms with Crippen molar-refractivity contribution in [1.29, 1.82) is 0 Å². The molecule has 2 rings (SSSR count). The topological polar surface area (TPSA) is 52.8 Å². The lowest BCUT2D eigenvalue weighted by Crippen LogP contribution is -2.08. The highest BCUT2D eigenvalue weighted by Gasteiger charge is 2.17. The fraction of sp³-hybridized carbons (Fsp3) is 0.467. The summed E-state index contributed by atoms with van der Waals surface area (Å²) in [4.78, 5) is 16.6. The maximum atomic E-state index is 12.0. The summed E-state index contributed by atoms with van der Waals surface area (Å²) in [5.41, 5.74) is 3.03. The maximum Gasteiger partial charge on any atom is 0.341 e. The number of esters is 1. The lowest BCUT2D eigenvalue weighted by molar-refractivity contribution is 0.0528. The number of hydrogen-bond donors (Lipinski definition) is 0. The van der Waals surface area contributed by atoms with Crippen LogP contribution in [0, 0.1) is 0 Å². The zero-order valence-corrected chi connectivity index (χ0v) is 12.3. The van der Waals surface area contributed by atoms with Crippen molar-refractivity contribution >= 4 is 11.6 Å². The zero-order valence-electron chi connectivity index (χ0n) is 12.3. The summed E-state index contributed by atoms with van der Waals surface area (Å²) < 4.78 is 12.2. The molecule has 0 aliphatic rings. The van der Waals surface area contributed by atoms with E-state index in [0.717, 1.165) is 11.4 Å². The number of nitrogens with zero attached hydrogens (tertiary/aromatic N) is 2. The fourth-order valence-electron chi connectivity index (χ4n) is 2.09. The van der Waals surface area contributed by atoms with Gasteiger partial charge in [-0.15, -0.1) is 0 Å². The van der Waals surface area contributed by atoms with E-state index in [2.05, 4.69) is 18.8 Å². The summed E-state index contributed by atoms with van der Waals surface area (Å²) in [5.74, 6) is -0.0627. The van der Waals surface area contributed by atoms with Crippen LogP contribution in [0.25, 0.3) is 5.65 Å². The van der Waals surface area contributed by atoms with Crippen LogP contribution in [0.3, 0.4) is 0 Å². The standard InChI is InChI=1S/C15H20N2O3/c1-5-20-15(18)12-6-7-17-11(9-19-4)8-13(10(2)3)16-14(12)17/h6-8,10H,5,9H2,1-4H3. The molecule has 2 heterocycles. The number of ether oxygens (including phenoxy) is 2. The Kier molecular flexibility index (Phi) is 4.39. The molecule has 0 spiro atoms. The quantitative estimate of drug-likeness (QED) is 0.788. The molecule has 20 heavy (non-hydrogen) atoms. The Labute approximate surface area is 118 Å². The third-order valence-electron chi connectivity index (χ3n) is 3.10. The van der Waals surface area contributed by atoms with Crippen molar-refractivity contribution < 1.29 is 14.3 Å². The summed E-state index contributed by atoms with van der Waals surface area (Å²) in [5, 5.41) is 0. The number of rotatable bonds is 5. The average Bonchev–Trinajstić information content (AvgIpc) is 2.83. The van der Waals surface area contributed by atoms with Crippen molar-refractivity contribution in [3.63, 3.8) is 0 Å². The Morgan fingerprint density at radius 2 is 2.20 bits per heavy atom. The van der Waals surface area contributed by atoms with Gasteiger partial charge in [-0.25, -0.2) is 9.78 Å². The van der Waals surface area contributed by atoms with E-state index in [4.69, 9.17) is 9.47 Å². The number of aromatic nitrogens is 2. The van der Waals surface area contributed by atoms with Crippen molar-refractivity contribution in [2.75, 3.05) is 13.7 Å². The maximum absolute atomic E-state index is 12.0. The van der Waals surface area contributed by atoms with Crippen LogP contribution in [0.5, 0.6) is 0 Å². The van der Waals surface area contributed by atoms with Crippen LogP contribution < -0.4 is 0 Å². The van der Waals surface area contributed by atoms with E-state index in [0.29, 0.717) is 24.4 Å². The van der Waals surface area contributed by atoms with E-state index in [1.165, 1.54) is 0 Å². The SMILES string of the molecule is CCOC(=O)c1ccn2c(COC)cc(C(C)C)nc12. The number of fused-ring (bicyclic) bond motifs is 1. The van der Waals surface area contributed by atoms with Gasteiger partial charge >= 0.3 is 5.97 Å². The minimum Gasteiger partial charge on any atom is -0.462 e. The molecule has 108 valence electrons. The van der Waals surface area contributed by atoms with Crippen LogP contribution in [-0.4, -0.2) is 29.1 Å². The van der Waals surface area contributed by atoms with E-state index < -0.39 is 0 Å². The predicted molar refractivity (Wildman–Crippen MR) is 76.0 cm³/mol. The summed E-state index contributed by atoms with van der Waals surface area (Å²) in [6.45, 7) is 6.75. The molecule has 0 aromatic carbocycles. The van der Waals surface area contributed by atoms with Crippen molar-refractivity contribution in [3.8, 4) is 0 Å². The van der Waals surface area contributed by atoms with E-state index in [9.17, 15) is 4.79 Å². The van der Waals surface area contributed by atoms with Gasteiger partial charge in [0.2, 0.25) is 0 Å². The Bertz CT molecular complexity index is 617. The summed E-state index contributed by atoms with van der Waals surface area (Å²) in [7, 11) is 1.65. The summed E-state index contributed by atoms with van der Waals surface area (Å²) >= 11 is 0. The molecule has 0 saturated heterocycles. The van der Waals surface area contributed by atoms with Crippen LogP contribution >= 0.6 is 0 Å². The first kappa shape index (κ1) is 14.5. The Hall–Kier alpha value is -1.88. The average molecular weight is 276 g/mol. The number of methoxy groups -OCH3 is 1. The van der Waals surface area contributed by atoms with Crippen molar-refractivity contribution in [3.05, 3.63) is 35.3 Å². The van der Waals surface area contributed by atoms with Crippen LogP contribution in [0.1, 0.15) is 48.4 Å². The second kappa shape index (κ2) is 6.05. The summed E-state index contributed by atoms with van der Waals surface area (Å²) in [6.07, 6.45) is 1.83. The van der Waals surface area contributed by atoms with Gasteiger partial charge in [0.1, 0.15) is 5.56 Å². The molecule has 0 saturated carbocycles. The number of carbonyl (C=O) groups excluding carboxylic acids is 1. The van der Waals surface area contributed by atoms with Gasteiger partial charge in [0.05, 0.1) is 18.9 Å². The Morgan fingerprint density at radius 3 is 2.80 bits per heavy atom. The molecular weight excluding hydrogens is 256 g/mol. The van der Waals surface area contributed by atoms with E-state index >= 15 is 0 Å². The first-order chi connectivity index (χ1) is 9.58. The number of hydrogen-bond acceptors (Lipinski definition) is 4. The summed E-state index contributed by atoms with van der Waals surface area (Å²) in [6, 6.07) is 3.75. The first-order valence-electron chi connectivity index (χ1n) is 6.75. The van der Waals surface area contributed by atoms with Crippen molar-refractivity contribution in [2.24, 2.45) is 0 Å². The molecular formula is C15H20N2O3. The molecule has 0 aliphatic heterocycles. The molecule has 5 heteroatoms. The normalized spacial score (nSPS) is 11.2. The second-order valence-corrected chi connectivity index (χ2v) is 4.90. The van der Waals surface area contributed by atoms with E-state index in [1.807, 2.05) is 16.7 Å². The molecule has 0 amide bonds. The van der Waals surface area contributed by atoms with Crippen LogP contribution in [0.2, 0.25) is 0 Å². The van der Waals surface area contributed by atoms with Crippen molar-refractivity contribution in [2.45, 2.75) is 33.3 Å². The lowest BCUT2D eigenvalue weighted by Gasteiger charge is -2.11. The van der Waals surface area contributed by atoms with Crippen LogP contribution in [-0.2, 0) is 16.1 Å². The molecule has 5 nitrogen and oxygen atoms in total. The molecule has 2 aromatic rings. The van der Waals surface area contributed by atoms with E-state index in [-0.39, 0.29) is 11.9 Å². The predicted octanol–water partition coefficient (Wildman–Crippen LogP) is 2.78. The van der Waals surface area contributed by atoms with Gasteiger partial charge in [0.15, 0.2) is 5.65 Å². The zero-order chi connectivity index (χ0) is 14.7. The Balaban J connectivity index is 2.60. The van der Waals surface area contributed by atoms with Gasteiger partial charge in [-0.05, 0) is 25.0 Å². The third kappa shape index (κ3) is 2.67. The molecule has 2 aromatic heterocycles. The van der Waals surface area contributed by atoms with Crippen molar-refractivity contribution in [1.82, 2.24) is 9.38 Å². The van der Waals surface area contributed by atoms with Gasteiger partial charge in [0, 0.05) is 19.0 Å². The van der Waals surface area contributed by atoms with E-state index in [1.54, 1.807) is 20.1 Å². The molecule has 0 aliphatic carbocycles. The first-order valence-corrected chi connectivity index (χ1v) is 6.75. The second-order valence-electron chi connectivity index (χ2n) is 4.90. The van der Waals surface area contributed by atoms with Crippen LogP contribution in [0.4, 0.5) is 0 Å². The van der Waals surface area contributed by atoms with Gasteiger partial charge < -0.3 is 13.9 Å². The molecule has 0 fully saturated rings. The van der Waals surface area contributed by atoms with Crippen LogP contribution in [0.15, 0.2) is 18.3 Å². The number of carbonyl (C=O) groups is 1. The highest BCUT2D eigenvalue weighted by molar-refractivity contribution is 5.96. The highest BCUT2D eigenvalue weighted by Crippen LogP contribution is 2.20. The van der Waals surface area contributed by atoms with Gasteiger partial charge in [-0.3, -0.25) is 0 Å². The molecule has 0 radical (unpaired) electrons. The Morgan fingerprint density at radius 1 is 1.45 bits per heavy atom. The lowest BCUT2D eigenvalue weighted by atomic mass is 10.1. The van der Waals surface area contributed by atoms with Gasteiger partial charge in [-0.2, -0.15) is 0 Å². The molecule has 0 unspecified atom stereocenters. The van der Waals surface area contributed by atoms with Gasteiger partial charge in [-0.1, -0.05) is 13.8 Å². The van der Waals surface area contributed by atoms with Gasteiger partial charge in [0.25, 0.3) is 0 Å². The minimum absolute atomic E-state index is 0.278. The largest absolute Gasteiger partial charge is 0.462 e. The highest BCUT2D eigenvalue weighted by atomic mass is 16.5. The fourth-order valence-corrected chi connectivity index (χ4v) is 2.09.